The van der Waals surface area contributed by atoms with E-state index in [1.807, 2.05) is 27.7 Å². The lowest BCUT2D eigenvalue weighted by Crippen LogP contribution is -2.39. The lowest BCUT2D eigenvalue weighted by Gasteiger charge is -2.30. The van der Waals surface area contributed by atoms with E-state index in [1.54, 1.807) is 49.5 Å². The third-order valence-corrected chi connectivity index (χ3v) is 9.86. The molecule has 2 amide bonds. The van der Waals surface area contributed by atoms with E-state index < -0.39 is 5.97 Å². The minimum Gasteiger partial charge on any atom is -0.461 e. The number of ether oxygens (including phenoxy) is 3. The molecule has 0 aromatic carbocycles. The Balaban J connectivity index is 0.000000186. The van der Waals surface area contributed by atoms with Crippen molar-refractivity contribution < 1.29 is 33.7 Å². The molecule has 47 heavy (non-hydrogen) atoms. The molecule has 15 nitrogen and oxygen atoms in total. The van der Waals surface area contributed by atoms with Crippen molar-refractivity contribution in [3.8, 4) is 0 Å². The Morgan fingerprint density at radius 1 is 0.809 bits per heavy atom. The summed E-state index contributed by atoms with van der Waals surface area (Å²) in [6, 6.07) is 0. The van der Waals surface area contributed by atoms with E-state index in [0.717, 1.165) is 40.7 Å². The third-order valence-electron chi connectivity index (χ3n) is 7.69. The summed E-state index contributed by atoms with van der Waals surface area (Å²) in [5.41, 5.74) is 0.912. The molecule has 256 valence electrons. The van der Waals surface area contributed by atoms with Gasteiger partial charge in [0.1, 0.15) is 10.0 Å². The van der Waals surface area contributed by atoms with Gasteiger partial charge in [-0.15, -0.1) is 0 Å². The molecule has 0 aliphatic carbocycles. The number of rotatable bonds is 7. The molecular weight excluding hydrogens is 649 g/mol. The van der Waals surface area contributed by atoms with Crippen LogP contribution in [0.4, 0.5) is 9.59 Å². The first-order valence-electron chi connectivity index (χ1n) is 15.9. The molecule has 6 heterocycles. The van der Waals surface area contributed by atoms with E-state index >= 15 is 0 Å². The average molecular weight is 691 g/mol. The summed E-state index contributed by atoms with van der Waals surface area (Å²) in [6.07, 6.45) is 6.14. The van der Waals surface area contributed by atoms with Crippen LogP contribution in [0.1, 0.15) is 98.3 Å². The van der Waals surface area contributed by atoms with Gasteiger partial charge in [-0.2, -0.15) is 10.2 Å². The highest BCUT2D eigenvalue weighted by atomic mass is 32.1. The number of carbonyl (C=O) groups is 3. The minimum absolute atomic E-state index is 0.0677. The van der Waals surface area contributed by atoms with Crippen LogP contribution in [0.2, 0.25) is 0 Å². The molecule has 2 saturated heterocycles. The predicted molar refractivity (Wildman–Crippen MR) is 174 cm³/mol. The van der Waals surface area contributed by atoms with E-state index in [0.29, 0.717) is 55.3 Å². The Morgan fingerprint density at radius 2 is 1.28 bits per heavy atom. The van der Waals surface area contributed by atoms with E-state index in [4.69, 9.17) is 19.3 Å². The van der Waals surface area contributed by atoms with Gasteiger partial charge in [-0.05, 0) is 60.3 Å². The zero-order valence-corrected chi connectivity index (χ0v) is 29.0. The van der Waals surface area contributed by atoms with Gasteiger partial charge in [0.15, 0.2) is 5.69 Å². The van der Waals surface area contributed by atoms with Crippen LogP contribution < -0.4 is 0 Å². The smallest absolute Gasteiger partial charge is 0.410 e. The second-order valence-electron chi connectivity index (χ2n) is 12.0. The fourth-order valence-corrected chi connectivity index (χ4v) is 7.47. The molecule has 0 spiro atoms. The molecule has 0 saturated carbocycles. The van der Waals surface area contributed by atoms with E-state index in [1.165, 1.54) is 11.3 Å². The van der Waals surface area contributed by atoms with Gasteiger partial charge in [0.05, 0.1) is 43.5 Å². The summed E-state index contributed by atoms with van der Waals surface area (Å²) in [5, 5.41) is 20.2. The normalized spacial score (nSPS) is 16.2. The molecule has 4 aromatic rings. The fraction of sp³-hybridized carbons (Fsp3) is 0.633. The third kappa shape index (κ3) is 8.56. The Kier molecular flexibility index (Phi) is 11.3. The number of amides is 2. The number of esters is 1. The number of carbonyl (C=O) groups excluding carboxylic acids is 3. The summed E-state index contributed by atoms with van der Waals surface area (Å²) >= 11 is 3.03. The van der Waals surface area contributed by atoms with Crippen LogP contribution in [0, 0.1) is 0 Å². The van der Waals surface area contributed by atoms with E-state index in [2.05, 4.69) is 20.2 Å². The van der Waals surface area contributed by atoms with Crippen LogP contribution in [0.15, 0.2) is 12.4 Å². The van der Waals surface area contributed by atoms with Crippen molar-refractivity contribution in [1.29, 1.82) is 0 Å². The van der Waals surface area contributed by atoms with Gasteiger partial charge in [0, 0.05) is 38.0 Å². The number of imidazole rings is 2. The molecule has 17 heteroatoms. The van der Waals surface area contributed by atoms with Crippen LogP contribution in [0.25, 0.3) is 9.92 Å². The number of aliphatic hydroxyl groups is 1. The Labute approximate surface area is 280 Å². The molecule has 1 N–H and O–H groups in total. The molecule has 2 fully saturated rings. The second kappa shape index (κ2) is 15.4. The zero-order valence-electron chi connectivity index (χ0n) is 27.3. The van der Waals surface area contributed by atoms with Crippen molar-refractivity contribution in [2.24, 2.45) is 0 Å². The lowest BCUT2D eigenvalue weighted by atomic mass is 9.98. The molecule has 0 radical (unpaired) electrons. The van der Waals surface area contributed by atoms with Crippen molar-refractivity contribution in [3.63, 3.8) is 0 Å². The van der Waals surface area contributed by atoms with Gasteiger partial charge in [0.2, 0.25) is 9.92 Å². The van der Waals surface area contributed by atoms with Crippen LogP contribution in [-0.2, 0) is 20.8 Å². The number of fused-ring (bicyclic) bond motifs is 2. The lowest BCUT2D eigenvalue weighted by molar-refractivity contribution is 0.0519. The van der Waals surface area contributed by atoms with Gasteiger partial charge >= 0.3 is 18.2 Å². The second-order valence-corrected chi connectivity index (χ2v) is 13.9. The van der Waals surface area contributed by atoms with Crippen LogP contribution in [0.5, 0.6) is 0 Å². The number of nitrogens with zero attached hydrogens (tertiary/aromatic N) is 8. The highest BCUT2D eigenvalue weighted by Gasteiger charge is 2.29. The first kappa shape index (κ1) is 34.5. The van der Waals surface area contributed by atoms with Gasteiger partial charge < -0.3 is 29.1 Å². The fourth-order valence-electron chi connectivity index (χ4n) is 5.36. The highest BCUT2D eigenvalue weighted by Crippen LogP contribution is 2.33. The monoisotopic (exact) mass is 690 g/mol. The van der Waals surface area contributed by atoms with Crippen molar-refractivity contribution in [2.75, 3.05) is 32.8 Å². The van der Waals surface area contributed by atoms with Gasteiger partial charge in [-0.25, -0.2) is 33.4 Å². The summed E-state index contributed by atoms with van der Waals surface area (Å²) < 4.78 is 18.8. The number of aromatic nitrogens is 6. The summed E-state index contributed by atoms with van der Waals surface area (Å²) in [4.78, 5) is 49.1. The standard InChI is InChI=1S/C16H22N4O4S.C14H20N4O3S/c1-4-23-14(21)12-9-20-15(17-12)25-13(18-20)11-5-7-19(8-6-11)16(22)24-10(2)3;1-9(2)21-14(20)17-5-3-10(4-6-17)12-16-18-7-11(8-19)15-13(18)22-12/h9-11H,4-8H2,1-3H3;7,9-10,19H,3-6,8H2,1-2H3. The van der Waals surface area contributed by atoms with Crippen molar-refractivity contribution in [3.05, 3.63) is 33.8 Å². The first-order chi connectivity index (χ1) is 22.5. The summed E-state index contributed by atoms with van der Waals surface area (Å²) in [5.74, 6) is 0.215. The molecule has 0 bridgehead atoms. The van der Waals surface area contributed by atoms with E-state index in [-0.39, 0.29) is 36.7 Å². The number of likely N-dealkylation sites (tertiary alicyclic amines) is 2. The van der Waals surface area contributed by atoms with Crippen LogP contribution in [0.3, 0.4) is 0 Å². The quantitative estimate of drug-likeness (QED) is 0.211. The van der Waals surface area contributed by atoms with Gasteiger partial charge in [-0.1, -0.05) is 22.7 Å². The predicted octanol–water partition coefficient (Wildman–Crippen LogP) is 4.70. The molecule has 0 unspecified atom stereocenters. The highest BCUT2D eigenvalue weighted by molar-refractivity contribution is 7.17. The van der Waals surface area contributed by atoms with Crippen LogP contribution in [-0.4, -0.2) is 107 Å². The van der Waals surface area contributed by atoms with Crippen molar-refractivity contribution >= 4 is 50.8 Å². The zero-order chi connectivity index (χ0) is 33.7. The SMILES string of the molecule is CC(C)OC(=O)N1CCC(c2nn3cc(CO)nc3s2)CC1.CCOC(=O)c1cn2nc(C3CCN(C(=O)OC(C)C)CC3)sc2n1. The summed E-state index contributed by atoms with van der Waals surface area (Å²) in [7, 11) is 0. The first-order valence-corrected chi connectivity index (χ1v) is 17.6. The number of aliphatic hydroxyl groups excluding tert-OH is 1. The molecule has 4 aromatic heterocycles. The minimum atomic E-state index is -0.432. The maximum absolute atomic E-state index is 11.9. The van der Waals surface area contributed by atoms with Gasteiger partial charge in [-0.3, -0.25) is 0 Å². The Bertz CT molecular complexity index is 1600. The largest absolute Gasteiger partial charge is 0.461 e. The summed E-state index contributed by atoms with van der Waals surface area (Å²) in [6.45, 7) is 12.1. The number of hydrogen-bond donors (Lipinski definition) is 1. The van der Waals surface area contributed by atoms with Gasteiger partial charge in [0.25, 0.3) is 0 Å². The topological polar surface area (TPSA) is 166 Å². The van der Waals surface area contributed by atoms with Crippen molar-refractivity contribution in [1.82, 2.24) is 39.0 Å². The molecule has 6 rings (SSSR count). The Hall–Kier alpha value is -3.83. The maximum Gasteiger partial charge on any atom is 0.410 e. The van der Waals surface area contributed by atoms with E-state index in [9.17, 15) is 14.4 Å². The molecular formula is C30H42N8O7S2. The maximum atomic E-state index is 11.9. The Morgan fingerprint density at radius 3 is 1.68 bits per heavy atom. The van der Waals surface area contributed by atoms with Crippen molar-refractivity contribution in [2.45, 2.75) is 91.0 Å². The number of hydrogen-bond acceptors (Lipinski definition) is 13. The molecule has 2 aliphatic heterocycles. The average Bonchev–Trinajstić information content (AvgIpc) is 3.81. The molecule has 2 aliphatic rings. The molecule has 0 atom stereocenters. The van der Waals surface area contributed by atoms with Crippen LogP contribution >= 0.6 is 22.7 Å². The number of piperidine rings is 2.